The van der Waals surface area contributed by atoms with Crippen molar-refractivity contribution in [1.82, 2.24) is 4.90 Å². The van der Waals surface area contributed by atoms with Crippen LogP contribution < -0.4 is 0 Å². The molecule has 3 nitrogen and oxygen atoms in total. The zero-order valence-corrected chi connectivity index (χ0v) is 10.1. The van der Waals surface area contributed by atoms with Crippen LogP contribution in [0.15, 0.2) is 24.3 Å². The highest BCUT2D eigenvalue weighted by Gasteiger charge is 2.31. The van der Waals surface area contributed by atoms with Crippen molar-refractivity contribution < 1.29 is 9.18 Å². The van der Waals surface area contributed by atoms with Gasteiger partial charge in [-0.25, -0.2) is 4.39 Å². The summed E-state index contributed by atoms with van der Waals surface area (Å²) >= 11 is 0. The van der Waals surface area contributed by atoms with E-state index in [4.69, 9.17) is 5.26 Å². The van der Waals surface area contributed by atoms with Gasteiger partial charge in [-0.15, -0.1) is 0 Å². The van der Waals surface area contributed by atoms with E-state index in [1.165, 1.54) is 12.1 Å². The van der Waals surface area contributed by atoms with Gasteiger partial charge in [-0.1, -0.05) is 12.1 Å². The predicted octanol–water partition coefficient (Wildman–Crippen LogP) is 2.27. The summed E-state index contributed by atoms with van der Waals surface area (Å²) in [5, 5.41) is 8.59. The van der Waals surface area contributed by atoms with E-state index < -0.39 is 0 Å². The number of amides is 1. The maximum Gasteiger partial charge on any atom is 0.227 e. The molecule has 18 heavy (non-hydrogen) atoms. The quantitative estimate of drug-likeness (QED) is 0.800. The van der Waals surface area contributed by atoms with E-state index in [1.54, 1.807) is 17.0 Å². The van der Waals surface area contributed by atoms with Crippen LogP contribution in [0, 0.1) is 17.1 Å². The minimum absolute atomic E-state index is 0.0154. The number of hydrogen-bond acceptors (Lipinski definition) is 2. The number of hydrogen-bond donors (Lipinski definition) is 0. The summed E-state index contributed by atoms with van der Waals surface area (Å²) in [6.07, 6.45) is 2.59. The number of nitriles is 1. The van der Waals surface area contributed by atoms with Crippen LogP contribution >= 0.6 is 0 Å². The molecule has 1 aromatic carbocycles. The summed E-state index contributed by atoms with van der Waals surface area (Å²) in [6, 6.07) is 8.44. The van der Waals surface area contributed by atoms with Gasteiger partial charge in [0.1, 0.15) is 5.82 Å². The average molecular weight is 246 g/mol. The summed E-state index contributed by atoms with van der Waals surface area (Å²) < 4.78 is 13.0. The van der Waals surface area contributed by atoms with E-state index in [9.17, 15) is 9.18 Å². The van der Waals surface area contributed by atoms with Gasteiger partial charge < -0.3 is 4.90 Å². The Balaban J connectivity index is 1.98. The Morgan fingerprint density at radius 1 is 1.50 bits per heavy atom. The molecule has 1 aliphatic rings. The standard InChI is InChI=1S/C14H15FN2O/c15-12-4-1-3-11(9-12)10-14(18)17(8-2-7-16)13-5-6-13/h1,3-4,9,13H,2,5-6,8,10H2. The van der Waals surface area contributed by atoms with Crippen molar-refractivity contribution in [2.45, 2.75) is 31.7 Å². The molecule has 0 spiro atoms. The summed E-state index contributed by atoms with van der Waals surface area (Å²) in [5.74, 6) is -0.339. The molecule has 0 unspecified atom stereocenters. The first-order valence-electron chi connectivity index (χ1n) is 6.11. The van der Waals surface area contributed by atoms with Gasteiger partial charge >= 0.3 is 0 Å². The third kappa shape index (κ3) is 3.30. The molecule has 0 N–H and O–H groups in total. The lowest BCUT2D eigenvalue weighted by Crippen LogP contribution is -2.35. The van der Waals surface area contributed by atoms with Crippen molar-refractivity contribution in [2.24, 2.45) is 0 Å². The minimum Gasteiger partial charge on any atom is -0.338 e. The molecule has 0 bridgehead atoms. The highest BCUT2D eigenvalue weighted by Crippen LogP contribution is 2.27. The van der Waals surface area contributed by atoms with Crippen LogP contribution in [0.2, 0.25) is 0 Å². The van der Waals surface area contributed by atoms with Crippen molar-refractivity contribution in [3.05, 3.63) is 35.6 Å². The molecule has 0 radical (unpaired) electrons. The lowest BCUT2D eigenvalue weighted by atomic mass is 10.1. The van der Waals surface area contributed by atoms with Crippen LogP contribution in [0.3, 0.4) is 0 Å². The topological polar surface area (TPSA) is 44.1 Å². The second-order valence-corrected chi connectivity index (χ2v) is 4.53. The monoisotopic (exact) mass is 246 g/mol. The van der Waals surface area contributed by atoms with Gasteiger partial charge in [0.15, 0.2) is 0 Å². The molecule has 0 aromatic heterocycles. The molecule has 0 saturated heterocycles. The minimum atomic E-state index is -0.324. The molecule has 2 rings (SSSR count). The Kier molecular flexibility index (Phi) is 3.93. The lowest BCUT2D eigenvalue weighted by molar-refractivity contribution is -0.131. The zero-order chi connectivity index (χ0) is 13.0. The van der Waals surface area contributed by atoms with Gasteiger partial charge in [0, 0.05) is 12.6 Å². The summed E-state index contributed by atoms with van der Waals surface area (Å²) in [7, 11) is 0. The Hall–Kier alpha value is -1.89. The molecule has 4 heteroatoms. The molecule has 1 aromatic rings. The molecule has 0 aliphatic heterocycles. The first-order chi connectivity index (χ1) is 8.70. The Morgan fingerprint density at radius 3 is 2.89 bits per heavy atom. The first kappa shape index (κ1) is 12.6. The highest BCUT2D eigenvalue weighted by atomic mass is 19.1. The van der Waals surface area contributed by atoms with Crippen LogP contribution in [0.5, 0.6) is 0 Å². The second-order valence-electron chi connectivity index (χ2n) is 4.53. The molecular formula is C14H15FN2O. The maximum absolute atomic E-state index is 13.0. The Labute approximate surface area is 106 Å². The van der Waals surface area contributed by atoms with Crippen molar-refractivity contribution >= 4 is 5.91 Å². The molecule has 1 aliphatic carbocycles. The van der Waals surface area contributed by atoms with Gasteiger partial charge in [-0.3, -0.25) is 4.79 Å². The number of benzene rings is 1. The summed E-state index contributed by atoms with van der Waals surface area (Å²) in [5.41, 5.74) is 0.683. The molecule has 1 saturated carbocycles. The number of rotatable bonds is 5. The SMILES string of the molecule is N#CCCN(C(=O)Cc1cccc(F)c1)C1CC1. The molecule has 94 valence electrons. The van der Waals surface area contributed by atoms with Gasteiger partial charge in [0.25, 0.3) is 0 Å². The molecule has 0 heterocycles. The number of carbonyl (C=O) groups is 1. The third-order valence-electron chi connectivity index (χ3n) is 3.02. The normalized spacial score (nSPS) is 14.0. The fourth-order valence-electron chi connectivity index (χ4n) is 1.99. The molecule has 1 fully saturated rings. The van der Waals surface area contributed by atoms with E-state index in [0.717, 1.165) is 12.8 Å². The van der Waals surface area contributed by atoms with Gasteiger partial charge in [0.05, 0.1) is 18.9 Å². The van der Waals surface area contributed by atoms with Crippen LogP contribution in [0.25, 0.3) is 0 Å². The third-order valence-corrected chi connectivity index (χ3v) is 3.02. The maximum atomic E-state index is 13.0. The number of nitrogens with zero attached hydrogens (tertiary/aromatic N) is 2. The zero-order valence-electron chi connectivity index (χ0n) is 10.1. The Bertz CT molecular complexity index is 477. The van der Waals surface area contributed by atoms with E-state index in [-0.39, 0.29) is 18.1 Å². The Morgan fingerprint density at radius 2 is 2.28 bits per heavy atom. The summed E-state index contributed by atoms with van der Waals surface area (Å²) in [4.78, 5) is 13.9. The van der Waals surface area contributed by atoms with Crippen LogP contribution in [-0.2, 0) is 11.2 Å². The molecular weight excluding hydrogens is 231 g/mol. The van der Waals surface area contributed by atoms with E-state index in [2.05, 4.69) is 6.07 Å². The fraction of sp³-hybridized carbons (Fsp3) is 0.429. The van der Waals surface area contributed by atoms with Crippen molar-refractivity contribution in [3.8, 4) is 6.07 Å². The lowest BCUT2D eigenvalue weighted by Gasteiger charge is -2.21. The summed E-state index contributed by atoms with van der Waals surface area (Å²) in [6.45, 7) is 0.481. The number of carbonyl (C=O) groups excluding carboxylic acids is 1. The average Bonchev–Trinajstić information content (AvgIpc) is 3.14. The predicted molar refractivity (Wildman–Crippen MR) is 65.1 cm³/mol. The first-order valence-corrected chi connectivity index (χ1v) is 6.11. The molecule has 1 amide bonds. The van der Waals surface area contributed by atoms with Crippen molar-refractivity contribution in [1.29, 1.82) is 5.26 Å². The number of halogens is 1. The van der Waals surface area contributed by atoms with Crippen molar-refractivity contribution in [3.63, 3.8) is 0 Å². The van der Waals surface area contributed by atoms with Crippen LogP contribution in [0.1, 0.15) is 24.8 Å². The van der Waals surface area contributed by atoms with Crippen molar-refractivity contribution in [2.75, 3.05) is 6.54 Å². The van der Waals surface area contributed by atoms with Gasteiger partial charge in [-0.2, -0.15) is 5.26 Å². The van der Waals surface area contributed by atoms with Gasteiger partial charge in [0.2, 0.25) is 5.91 Å². The van der Waals surface area contributed by atoms with E-state index >= 15 is 0 Å². The smallest absolute Gasteiger partial charge is 0.227 e. The van der Waals surface area contributed by atoms with E-state index in [0.29, 0.717) is 24.6 Å². The highest BCUT2D eigenvalue weighted by molar-refractivity contribution is 5.79. The van der Waals surface area contributed by atoms with Crippen LogP contribution in [-0.4, -0.2) is 23.4 Å². The second kappa shape index (κ2) is 5.63. The molecule has 0 atom stereocenters. The van der Waals surface area contributed by atoms with E-state index in [1.807, 2.05) is 0 Å². The largest absolute Gasteiger partial charge is 0.338 e. The fourth-order valence-corrected chi connectivity index (χ4v) is 1.99. The van der Waals surface area contributed by atoms with Gasteiger partial charge in [-0.05, 0) is 30.5 Å². The van der Waals surface area contributed by atoms with Crippen LogP contribution in [0.4, 0.5) is 4.39 Å².